The van der Waals surface area contributed by atoms with Crippen molar-refractivity contribution in [3.63, 3.8) is 0 Å². The van der Waals surface area contributed by atoms with Crippen LogP contribution in [0.25, 0.3) is 0 Å². The zero-order chi connectivity index (χ0) is 20.9. The van der Waals surface area contributed by atoms with Crippen molar-refractivity contribution in [3.8, 4) is 5.75 Å². The molecule has 1 heterocycles. The first-order chi connectivity index (χ1) is 14.2. The molecule has 0 bridgehead atoms. The second-order valence-electron chi connectivity index (χ2n) is 7.63. The summed E-state index contributed by atoms with van der Waals surface area (Å²) in [6.45, 7) is 16.3. The van der Waals surface area contributed by atoms with Gasteiger partial charge in [-0.3, -0.25) is 0 Å². The number of hydrogen-bond acceptors (Lipinski definition) is 4. The molecular formula is C23H40N4O2. The minimum absolute atomic E-state index is 0.557. The molecule has 1 aliphatic heterocycles. The van der Waals surface area contributed by atoms with Crippen molar-refractivity contribution in [3.05, 3.63) is 29.3 Å². The molecule has 6 nitrogen and oxygen atoms in total. The number of hydrogen-bond donors (Lipinski definition) is 2. The van der Waals surface area contributed by atoms with Gasteiger partial charge in [0.25, 0.3) is 0 Å². The van der Waals surface area contributed by atoms with E-state index in [0.717, 1.165) is 36.9 Å². The van der Waals surface area contributed by atoms with Gasteiger partial charge in [-0.25, -0.2) is 4.99 Å². The van der Waals surface area contributed by atoms with Crippen LogP contribution in [0.2, 0.25) is 0 Å². The van der Waals surface area contributed by atoms with Crippen molar-refractivity contribution in [2.45, 2.75) is 47.1 Å². The maximum Gasteiger partial charge on any atom is 0.191 e. The summed E-state index contributed by atoms with van der Waals surface area (Å²) in [4.78, 5) is 7.35. The van der Waals surface area contributed by atoms with Gasteiger partial charge in [0.05, 0.1) is 13.2 Å². The summed E-state index contributed by atoms with van der Waals surface area (Å²) in [6.07, 6.45) is 2.58. The minimum Gasteiger partial charge on any atom is -0.491 e. The maximum absolute atomic E-state index is 5.95. The van der Waals surface area contributed by atoms with E-state index in [1.165, 1.54) is 31.5 Å². The molecule has 0 saturated carbocycles. The fourth-order valence-corrected chi connectivity index (χ4v) is 3.63. The topological polar surface area (TPSA) is 58.1 Å². The van der Waals surface area contributed by atoms with Gasteiger partial charge < -0.3 is 25.0 Å². The molecule has 1 aromatic rings. The number of nitrogens with zero attached hydrogens (tertiary/aromatic N) is 2. The Labute approximate surface area is 177 Å². The second kappa shape index (κ2) is 13.4. The van der Waals surface area contributed by atoms with Crippen LogP contribution in [-0.2, 0) is 11.3 Å². The van der Waals surface area contributed by atoms with Crippen molar-refractivity contribution in [1.82, 2.24) is 15.5 Å². The third-order valence-corrected chi connectivity index (χ3v) is 5.27. The van der Waals surface area contributed by atoms with Crippen molar-refractivity contribution >= 4 is 5.96 Å². The Bertz CT molecular complexity index is 621. The third-order valence-electron chi connectivity index (χ3n) is 5.27. The molecule has 1 fully saturated rings. The van der Waals surface area contributed by atoms with Gasteiger partial charge in [0.2, 0.25) is 0 Å². The SMILES string of the molecule is CCNC(=NCc1ccc(C)cc1OCCOCC)NCC1CCCN(CC)C1. The number of nitrogens with one attached hydrogen (secondary N) is 2. The lowest BCUT2D eigenvalue weighted by molar-refractivity contribution is 0.110. The van der Waals surface area contributed by atoms with E-state index in [0.29, 0.717) is 32.3 Å². The van der Waals surface area contributed by atoms with E-state index in [1.807, 2.05) is 6.92 Å². The molecule has 2 rings (SSSR count). The normalized spacial score (nSPS) is 17.9. The minimum atomic E-state index is 0.557. The molecule has 1 saturated heterocycles. The molecule has 6 heteroatoms. The summed E-state index contributed by atoms with van der Waals surface area (Å²) in [5.41, 5.74) is 2.28. The molecule has 1 aromatic carbocycles. The summed E-state index contributed by atoms with van der Waals surface area (Å²) in [7, 11) is 0. The first-order valence-electron chi connectivity index (χ1n) is 11.2. The van der Waals surface area contributed by atoms with Crippen LogP contribution in [0.1, 0.15) is 44.7 Å². The Morgan fingerprint density at radius 1 is 1.21 bits per heavy atom. The van der Waals surface area contributed by atoms with E-state index >= 15 is 0 Å². The number of likely N-dealkylation sites (tertiary alicyclic amines) is 1. The van der Waals surface area contributed by atoms with Gasteiger partial charge in [-0.05, 0) is 64.3 Å². The molecule has 0 aromatic heterocycles. The molecule has 0 spiro atoms. The lowest BCUT2D eigenvalue weighted by Crippen LogP contribution is -2.44. The van der Waals surface area contributed by atoms with Gasteiger partial charge in [0.15, 0.2) is 5.96 Å². The summed E-state index contributed by atoms with van der Waals surface area (Å²) in [6, 6.07) is 6.30. The van der Waals surface area contributed by atoms with Crippen LogP contribution in [0, 0.1) is 12.8 Å². The van der Waals surface area contributed by atoms with Gasteiger partial charge in [-0.2, -0.15) is 0 Å². The van der Waals surface area contributed by atoms with Gasteiger partial charge >= 0.3 is 0 Å². The highest BCUT2D eigenvalue weighted by atomic mass is 16.5. The molecular weight excluding hydrogens is 364 g/mol. The Kier molecular flexibility index (Phi) is 10.9. The molecule has 1 atom stereocenters. The summed E-state index contributed by atoms with van der Waals surface area (Å²) >= 11 is 0. The van der Waals surface area contributed by atoms with Gasteiger partial charge in [0, 0.05) is 31.8 Å². The lowest BCUT2D eigenvalue weighted by Gasteiger charge is -2.32. The lowest BCUT2D eigenvalue weighted by atomic mass is 9.98. The van der Waals surface area contributed by atoms with Crippen LogP contribution in [0.3, 0.4) is 0 Å². The number of rotatable bonds is 11. The van der Waals surface area contributed by atoms with Crippen LogP contribution in [0.4, 0.5) is 0 Å². The Balaban J connectivity index is 1.94. The third kappa shape index (κ3) is 8.62. The monoisotopic (exact) mass is 404 g/mol. The average molecular weight is 405 g/mol. The van der Waals surface area contributed by atoms with E-state index in [9.17, 15) is 0 Å². The summed E-state index contributed by atoms with van der Waals surface area (Å²) in [5, 5.41) is 6.92. The van der Waals surface area contributed by atoms with Crippen LogP contribution in [0.15, 0.2) is 23.2 Å². The number of benzene rings is 1. The number of aliphatic imine (C=N–C) groups is 1. The molecule has 164 valence electrons. The molecule has 0 radical (unpaired) electrons. The first kappa shape index (κ1) is 23.5. The Morgan fingerprint density at radius 2 is 2.07 bits per heavy atom. The van der Waals surface area contributed by atoms with E-state index < -0.39 is 0 Å². The predicted octanol–water partition coefficient (Wildman–Crippen LogP) is 3.20. The fraction of sp³-hybridized carbons (Fsp3) is 0.696. The quantitative estimate of drug-likeness (QED) is 0.337. The first-order valence-corrected chi connectivity index (χ1v) is 11.2. The van der Waals surface area contributed by atoms with Crippen LogP contribution >= 0.6 is 0 Å². The zero-order valence-corrected chi connectivity index (χ0v) is 18.8. The van der Waals surface area contributed by atoms with Crippen molar-refractivity contribution in [2.75, 3.05) is 52.5 Å². The molecule has 0 amide bonds. The van der Waals surface area contributed by atoms with Gasteiger partial charge in [0.1, 0.15) is 12.4 Å². The van der Waals surface area contributed by atoms with E-state index in [4.69, 9.17) is 14.5 Å². The van der Waals surface area contributed by atoms with E-state index in [-0.39, 0.29) is 0 Å². The zero-order valence-electron chi connectivity index (χ0n) is 18.8. The number of guanidine groups is 1. The van der Waals surface area contributed by atoms with Crippen molar-refractivity contribution in [1.29, 1.82) is 0 Å². The standard InChI is InChI=1S/C23H40N4O2/c1-5-24-23(25-16-20-9-8-12-27(6-2)18-20)26-17-21-11-10-19(4)15-22(21)29-14-13-28-7-3/h10-11,15,20H,5-9,12-14,16-18H2,1-4H3,(H2,24,25,26). The molecule has 29 heavy (non-hydrogen) atoms. The molecule has 0 aliphatic carbocycles. The molecule has 1 unspecified atom stereocenters. The van der Waals surface area contributed by atoms with Crippen LogP contribution in [0.5, 0.6) is 5.75 Å². The summed E-state index contributed by atoms with van der Waals surface area (Å²) in [5.74, 6) is 2.46. The Morgan fingerprint density at radius 3 is 2.83 bits per heavy atom. The van der Waals surface area contributed by atoms with E-state index in [1.54, 1.807) is 0 Å². The summed E-state index contributed by atoms with van der Waals surface area (Å²) < 4.78 is 11.3. The predicted molar refractivity (Wildman–Crippen MR) is 121 cm³/mol. The largest absolute Gasteiger partial charge is 0.491 e. The van der Waals surface area contributed by atoms with Gasteiger partial charge in [-0.1, -0.05) is 19.1 Å². The van der Waals surface area contributed by atoms with Gasteiger partial charge in [-0.15, -0.1) is 0 Å². The van der Waals surface area contributed by atoms with Crippen LogP contribution in [-0.4, -0.2) is 63.4 Å². The molecule has 2 N–H and O–H groups in total. The smallest absolute Gasteiger partial charge is 0.191 e. The van der Waals surface area contributed by atoms with Crippen molar-refractivity contribution < 1.29 is 9.47 Å². The number of piperidine rings is 1. The fourth-order valence-electron chi connectivity index (χ4n) is 3.63. The highest BCUT2D eigenvalue weighted by Crippen LogP contribution is 2.21. The maximum atomic E-state index is 5.95. The van der Waals surface area contributed by atoms with Crippen molar-refractivity contribution in [2.24, 2.45) is 10.9 Å². The average Bonchev–Trinajstić information content (AvgIpc) is 2.74. The Hall–Kier alpha value is -1.79. The highest BCUT2D eigenvalue weighted by Gasteiger charge is 2.18. The van der Waals surface area contributed by atoms with Crippen LogP contribution < -0.4 is 15.4 Å². The highest BCUT2D eigenvalue weighted by molar-refractivity contribution is 5.79. The number of aryl methyl sites for hydroxylation is 1. The molecule has 1 aliphatic rings. The number of ether oxygens (including phenoxy) is 2. The second-order valence-corrected chi connectivity index (χ2v) is 7.63. The van der Waals surface area contributed by atoms with E-state index in [2.05, 4.69) is 54.5 Å².